The highest BCUT2D eigenvalue weighted by molar-refractivity contribution is 5.91. The molecule has 0 saturated carbocycles. The number of hydrogen-bond donors (Lipinski definition) is 0. The molecule has 0 spiro atoms. The van der Waals surface area contributed by atoms with Gasteiger partial charge in [0.1, 0.15) is 11.6 Å². The highest BCUT2D eigenvalue weighted by atomic mass is 15.2. The Balaban J connectivity index is 1.22. The van der Waals surface area contributed by atoms with Crippen LogP contribution < -0.4 is 4.90 Å². The largest absolute Gasteiger partial charge is 0.278 e. The molecule has 9 rings (SSSR count). The van der Waals surface area contributed by atoms with Crippen molar-refractivity contribution in [1.29, 1.82) is 0 Å². The van der Waals surface area contributed by atoms with Crippen molar-refractivity contribution in [2.75, 3.05) is 4.90 Å². The van der Waals surface area contributed by atoms with Gasteiger partial charge in [0.2, 0.25) is 0 Å². The van der Waals surface area contributed by atoms with Crippen molar-refractivity contribution in [3.8, 4) is 22.3 Å². The molecule has 2 aromatic heterocycles. The fourth-order valence-corrected chi connectivity index (χ4v) is 8.09. The Bertz CT molecular complexity index is 2280. The van der Waals surface area contributed by atoms with E-state index in [1.807, 2.05) is 24.5 Å². The average molecular weight is 618 g/mol. The number of rotatable bonds is 4. The Kier molecular flexibility index (Phi) is 6.62. The van der Waals surface area contributed by atoms with Crippen LogP contribution in [-0.4, -0.2) is 9.97 Å². The molecule has 4 aromatic carbocycles. The molecular weight excluding hydrogens is 583 g/mol. The van der Waals surface area contributed by atoms with Gasteiger partial charge in [0.25, 0.3) is 0 Å². The molecule has 0 N–H and O–H groups in total. The second-order valence-corrected chi connectivity index (χ2v) is 13.4. The summed E-state index contributed by atoms with van der Waals surface area (Å²) >= 11 is 0. The lowest BCUT2D eigenvalue weighted by molar-refractivity contribution is 0.629. The Hall–Kier alpha value is -5.80. The smallest absolute Gasteiger partial charge is 0.143 e. The summed E-state index contributed by atoms with van der Waals surface area (Å²) in [5, 5.41) is 0. The molecule has 0 radical (unpaired) electrons. The van der Waals surface area contributed by atoms with E-state index in [0.717, 1.165) is 23.7 Å². The van der Waals surface area contributed by atoms with Gasteiger partial charge in [0, 0.05) is 29.3 Å². The van der Waals surface area contributed by atoms with E-state index < -0.39 is 0 Å². The van der Waals surface area contributed by atoms with Crippen LogP contribution in [0.25, 0.3) is 27.8 Å². The SMILES string of the molecule is CC1(C)c2cc(-c3ccc4c(c3)C3=C(CC=CC=C3)C4c3ccccc3)ccc2N(c2ccccn2)c2nccc(-c3ccccc3)c21. The molecule has 1 atom stereocenters. The van der Waals surface area contributed by atoms with Gasteiger partial charge in [-0.25, -0.2) is 9.97 Å². The number of nitrogens with zero attached hydrogens (tertiary/aromatic N) is 3. The molecule has 3 heteroatoms. The van der Waals surface area contributed by atoms with Crippen LogP contribution >= 0.6 is 0 Å². The van der Waals surface area contributed by atoms with Crippen molar-refractivity contribution in [3.63, 3.8) is 0 Å². The summed E-state index contributed by atoms with van der Waals surface area (Å²) in [7, 11) is 0. The van der Waals surface area contributed by atoms with E-state index in [9.17, 15) is 0 Å². The molecule has 230 valence electrons. The van der Waals surface area contributed by atoms with Crippen molar-refractivity contribution in [1.82, 2.24) is 9.97 Å². The second-order valence-electron chi connectivity index (χ2n) is 13.4. The Morgan fingerprint density at radius 1 is 0.667 bits per heavy atom. The molecular formula is C45H35N3. The molecule has 3 nitrogen and oxygen atoms in total. The first kappa shape index (κ1) is 28.4. The van der Waals surface area contributed by atoms with E-state index >= 15 is 0 Å². The first-order chi connectivity index (χ1) is 23.6. The molecule has 1 aliphatic heterocycles. The summed E-state index contributed by atoms with van der Waals surface area (Å²) in [6.07, 6.45) is 13.7. The van der Waals surface area contributed by atoms with E-state index in [1.165, 1.54) is 61.2 Å². The number of pyridine rings is 2. The standard InChI is InChI=1S/C45H35N3/c1-45(2)39-29-33(32-21-23-37-38(28-32)35-18-10-5-11-19-36(35)42(37)31-16-8-4-9-17-31)22-24-40(39)48(41-20-12-13-26-46-41)44-43(45)34(25-27-47-44)30-14-6-3-7-15-30/h3-18,20-29,42H,19H2,1-2H3. The van der Waals surface area contributed by atoms with E-state index in [2.05, 4.69) is 152 Å². The molecule has 48 heavy (non-hydrogen) atoms. The Morgan fingerprint density at radius 2 is 1.44 bits per heavy atom. The van der Waals surface area contributed by atoms with E-state index in [-0.39, 0.29) is 11.3 Å². The predicted octanol–water partition coefficient (Wildman–Crippen LogP) is 11.3. The van der Waals surface area contributed by atoms with Gasteiger partial charge in [-0.2, -0.15) is 0 Å². The second kappa shape index (κ2) is 11.2. The third-order valence-corrected chi connectivity index (χ3v) is 10.3. The number of allylic oxidation sites excluding steroid dienone is 6. The molecule has 0 saturated heterocycles. The van der Waals surface area contributed by atoms with Gasteiger partial charge in [-0.15, -0.1) is 0 Å². The maximum absolute atomic E-state index is 5.03. The van der Waals surface area contributed by atoms with Crippen molar-refractivity contribution in [2.24, 2.45) is 0 Å². The summed E-state index contributed by atoms with van der Waals surface area (Å²) in [4.78, 5) is 12.1. The molecule has 3 aliphatic rings. The molecule has 0 bridgehead atoms. The average Bonchev–Trinajstić information content (AvgIpc) is 3.25. The quantitative estimate of drug-likeness (QED) is 0.197. The summed E-state index contributed by atoms with van der Waals surface area (Å²) in [5.41, 5.74) is 15.0. The zero-order valence-electron chi connectivity index (χ0n) is 27.1. The van der Waals surface area contributed by atoms with Crippen LogP contribution in [-0.2, 0) is 5.41 Å². The third-order valence-electron chi connectivity index (χ3n) is 10.3. The number of hydrogen-bond acceptors (Lipinski definition) is 3. The van der Waals surface area contributed by atoms with Gasteiger partial charge in [0.15, 0.2) is 0 Å². The lowest BCUT2D eigenvalue weighted by Crippen LogP contribution is -2.32. The van der Waals surface area contributed by atoms with E-state index in [4.69, 9.17) is 9.97 Å². The van der Waals surface area contributed by atoms with Gasteiger partial charge >= 0.3 is 0 Å². The summed E-state index contributed by atoms with van der Waals surface area (Å²) in [6, 6.07) is 43.9. The fourth-order valence-electron chi connectivity index (χ4n) is 8.09. The van der Waals surface area contributed by atoms with Gasteiger partial charge < -0.3 is 0 Å². The van der Waals surface area contributed by atoms with Crippen molar-refractivity contribution >= 4 is 22.9 Å². The third kappa shape index (κ3) is 4.42. The molecule has 0 amide bonds. The first-order valence-electron chi connectivity index (χ1n) is 16.8. The normalized spacial score (nSPS) is 17.0. The monoisotopic (exact) mass is 617 g/mol. The fraction of sp³-hybridized carbons (Fsp3) is 0.111. The van der Waals surface area contributed by atoms with Crippen LogP contribution in [0.3, 0.4) is 0 Å². The van der Waals surface area contributed by atoms with Gasteiger partial charge in [-0.05, 0) is 98.5 Å². The lowest BCUT2D eigenvalue weighted by atomic mass is 9.71. The Labute approximate surface area is 282 Å². The van der Waals surface area contributed by atoms with Crippen LogP contribution in [0.2, 0.25) is 0 Å². The van der Waals surface area contributed by atoms with Crippen LogP contribution in [0.4, 0.5) is 17.3 Å². The number of benzene rings is 4. The number of fused-ring (bicyclic) bond motifs is 4. The van der Waals surface area contributed by atoms with E-state index in [0.29, 0.717) is 0 Å². The molecule has 6 aromatic rings. The molecule has 1 unspecified atom stereocenters. The summed E-state index contributed by atoms with van der Waals surface area (Å²) in [5.74, 6) is 2.06. The summed E-state index contributed by atoms with van der Waals surface area (Å²) < 4.78 is 0. The van der Waals surface area contributed by atoms with Crippen LogP contribution in [0, 0.1) is 0 Å². The molecule has 2 aliphatic carbocycles. The van der Waals surface area contributed by atoms with Crippen molar-refractivity contribution in [3.05, 3.63) is 191 Å². The summed E-state index contributed by atoms with van der Waals surface area (Å²) in [6.45, 7) is 4.68. The van der Waals surface area contributed by atoms with Gasteiger partial charge in [0.05, 0.1) is 5.69 Å². The van der Waals surface area contributed by atoms with Gasteiger partial charge in [-0.3, -0.25) is 4.90 Å². The van der Waals surface area contributed by atoms with Gasteiger partial charge in [-0.1, -0.05) is 123 Å². The zero-order valence-corrected chi connectivity index (χ0v) is 27.1. The number of anilines is 3. The minimum absolute atomic E-state index is 0.271. The lowest BCUT2D eigenvalue weighted by Gasteiger charge is -2.42. The maximum atomic E-state index is 5.03. The van der Waals surface area contributed by atoms with Crippen LogP contribution in [0.5, 0.6) is 0 Å². The predicted molar refractivity (Wildman–Crippen MR) is 198 cm³/mol. The zero-order chi connectivity index (χ0) is 32.2. The minimum Gasteiger partial charge on any atom is -0.278 e. The topological polar surface area (TPSA) is 29.0 Å². The molecule has 0 fully saturated rings. The van der Waals surface area contributed by atoms with Crippen molar-refractivity contribution in [2.45, 2.75) is 31.6 Å². The van der Waals surface area contributed by atoms with Crippen LogP contribution in [0.1, 0.15) is 54.0 Å². The highest BCUT2D eigenvalue weighted by Gasteiger charge is 2.40. The highest BCUT2D eigenvalue weighted by Crippen LogP contribution is 2.54. The minimum atomic E-state index is -0.327. The number of aromatic nitrogens is 2. The molecule has 3 heterocycles. The Morgan fingerprint density at radius 3 is 2.25 bits per heavy atom. The maximum Gasteiger partial charge on any atom is 0.143 e. The first-order valence-corrected chi connectivity index (χ1v) is 16.8. The van der Waals surface area contributed by atoms with E-state index in [1.54, 1.807) is 0 Å². The van der Waals surface area contributed by atoms with Crippen LogP contribution in [0.15, 0.2) is 164 Å². The van der Waals surface area contributed by atoms with Crippen molar-refractivity contribution < 1.29 is 0 Å².